The lowest BCUT2D eigenvalue weighted by atomic mass is 9.78. The molecular weight excluding hydrogens is 268 g/mol. The second-order valence-corrected chi connectivity index (χ2v) is 7.29. The Labute approximate surface area is 126 Å². The monoisotopic (exact) mass is 294 g/mol. The van der Waals surface area contributed by atoms with E-state index in [0.29, 0.717) is 36.6 Å². The van der Waals surface area contributed by atoms with Crippen molar-refractivity contribution in [3.8, 4) is 0 Å². The molecule has 4 heterocycles. The third-order valence-corrected chi connectivity index (χ3v) is 6.17. The second-order valence-electron chi connectivity index (χ2n) is 7.29. The zero-order chi connectivity index (χ0) is 14.4. The van der Waals surface area contributed by atoms with Gasteiger partial charge in [0.1, 0.15) is 0 Å². The van der Waals surface area contributed by atoms with Gasteiger partial charge < -0.3 is 19.7 Å². The summed E-state index contributed by atoms with van der Waals surface area (Å²) in [5.41, 5.74) is -0.293. The highest BCUT2D eigenvalue weighted by Gasteiger charge is 2.55. The van der Waals surface area contributed by atoms with Gasteiger partial charge >= 0.3 is 0 Å². The van der Waals surface area contributed by atoms with Crippen molar-refractivity contribution in [2.45, 2.75) is 37.9 Å². The fourth-order valence-corrected chi connectivity index (χ4v) is 5.06. The van der Waals surface area contributed by atoms with Crippen molar-refractivity contribution < 1.29 is 14.3 Å². The fourth-order valence-electron chi connectivity index (χ4n) is 5.06. The number of nitrogens with zero attached hydrogens (tertiary/aromatic N) is 1. The third-order valence-electron chi connectivity index (χ3n) is 6.17. The Balaban J connectivity index is 1.49. The topological polar surface area (TPSA) is 50.8 Å². The van der Waals surface area contributed by atoms with E-state index in [1.807, 2.05) is 0 Å². The molecule has 4 unspecified atom stereocenters. The van der Waals surface area contributed by atoms with E-state index in [4.69, 9.17) is 9.47 Å². The van der Waals surface area contributed by atoms with Crippen LogP contribution in [0, 0.1) is 17.3 Å². The number of piperidine rings is 1. The quantitative estimate of drug-likeness (QED) is 0.830. The highest BCUT2D eigenvalue weighted by molar-refractivity contribution is 5.83. The fraction of sp³-hybridized carbons (Fsp3) is 0.938. The number of rotatable bonds is 3. The first-order valence-electron chi connectivity index (χ1n) is 8.38. The van der Waals surface area contributed by atoms with Gasteiger partial charge in [0.05, 0.1) is 24.2 Å². The summed E-state index contributed by atoms with van der Waals surface area (Å²) in [7, 11) is 1.71. The zero-order valence-electron chi connectivity index (χ0n) is 12.8. The number of ether oxygens (including phenoxy) is 2. The van der Waals surface area contributed by atoms with E-state index in [2.05, 4.69) is 10.2 Å². The molecule has 4 atom stereocenters. The molecule has 1 N–H and O–H groups in total. The molecule has 4 saturated heterocycles. The van der Waals surface area contributed by atoms with E-state index in [-0.39, 0.29) is 5.41 Å². The van der Waals surface area contributed by atoms with Gasteiger partial charge in [0.2, 0.25) is 5.91 Å². The van der Waals surface area contributed by atoms with Crippen molar-refractivity contribution in [2.75, 3.05) is 39.9 Å². The lowest BCUT2D eigenvalue weighted by Gasteiger charge is -2.38. The summed E-state index contributed by atoms with van der Waals surface area (Å²) in [6, 6.07) is 0. The molecule has 5 nitrogen and oxygen atoms in total. The summed E-state index contributed by atoms with van der Waals surface area (Å²) < 4.78 is 11.4. The molecule has 0 aliphatic carbocycles. The van der Waals surface area contributed by atoms with Crippen molar-refractivity contribution in [1.82, 2.24) is 10.2 Å². The maximum absolute atomic E-state index is 13.2. The van der Waals surface area contributed by atoms with Crippen LogP contribution in [0.1, 0.15) is 25.7 Å². The normalized spacial score (nSPS) is 40.5. The van der Waals surface area contributed by atoms with Gasteiger partial charge in [0.25, 0.3) is 0 Å². The second kappa shape index (κ2) is 5.21. The summed E-state index contributed by atoms with van der Waals surface area (Å²) in [5.74, 6) is 1.52. The van der Waals surface area contributed by atoms with Crippen molar-refractivity contribution in [1.29, 1.82) is 0 Å². The van der Waals surface area contributed by atoms with Crippen LogP contribution in [0.5, 0.6) is 0 Å². The summed E-state index contributed by atoms with van der Waals surface area (Å²) in [4.78, 5) is 15.3. The van der Waals surface area contributed by atoms with E-state index in [9.17, 15) is 4.79 Å². The van der Waals surface area contributed by atoms with Crippen LogP contribution in [-0.4, -0.2) is 62.9 Å². The van der Waals surface area contributed by atoms with Crippen LogP contribution >= 0.6 is 0 Å². The van der Waals surface area contributed by atoms with Crippen LogP contribution in [0.4, 0.5) is 0 Å². The number of hydrogen-bond donors (Lipinski definition) is 1. The van der Waals surface area contributed by atoms with Gasteiger partial charge in [0, 0.05) is 32.0 Å². The highest BCUT2D eigenvalue weighted by atomic mass is 16.5. The molecule has 4 fully saturated rings. The predicted molar refractivity (Wildman–Crippen MR) is 77.9 cm³/mol. The number of hydrogen-bond acceptors (Lipinski definition) is 4. The Kier molecular flexibility index (Phi) is 3.47. The molecular formula is C16H26N2O3. The largest absolute Gasteiger partial charge is 0.384 e. The summed E-state index contributed by atoms with van der Waals surface area (Å²) in [5, 5.41) is 3.36. The van der Waals surface area contributed by atoms with E-state index in [1.165, 1.54) is 12.8 Å². The van der Waals surface area contributed by atoms with Crippen LogP contribution in [0.15, 0.2) is 0 Å². The van der Waals surface area contributed by atoms with Crippen molar-refractivity contribution in [3.63, 3.8) is 0 Å². The number of likely N-dealkylation sites (tertiary alicyclic amines) is 1. The third kappa shape index (κ3) is 2.13. The maximum Gasteiger partial charge on any atom is 0.231 e. The van der Waals surface area contributed by atoms with E-state index in [0.717, 1.165) is 39.0 Å². The van der Waals surface area contributed by atoms with Gasteiger partial charge in [-0.15, -0.1) is 0 Å². The molecule has 0 spiro atoms. The standard InChI is InChI=1S/C16H26N2O3/c1-20-10-16(4-6-17-7-5-16)15(19)18-8-11-12(9-18)14-3-2-13(11)21-14/h11-14,17H,2-10H2,1H3. The highest BCUT2D eigenvalue weighted by Crippen LogP contribution is 2.48. The lowest BCUT2D eigenvalue weighted by molar-refractivity contribution is -0.147. The Bertz CT molecular complexity index is 398. The van der Waals surface area contributed by atoms with Gasteiger partial charge in [-0.1, -0.05) is 0 Å². The average molecular weight is 294 g/mol. The Morgan fingerprint density at radius 2 is 1.86 bits per heavy atom. The molecule has 4 rings (SSSR count). The van der Waals surface area contributed by atoms with E-state index >= 15 is 0 Å². The van der Waals surface area contributed by atoms with Crippen molar-refractivity contribution >= 4 is 5.91 Å². The minimum absolute atomic E-state index is 0.293. The van der Waals surface area contributed by atoms with Crippen molar-refractivity contribution in [3.05, 3.63) is 0 Å². The van der Waals surface area contributed by atoms with E-state index < -0.39 is 0 Å². The molecule has 0 radical (unpaired) electrons. The van der Waals surface area contributed by atoms with Crippen LogP contribution in [-0.2, 0) is 14.3 Å². The number of carbonyl (C=O) groups is 1. The summed E-state index contributed by atoms with van der Waals surface area (Å²) >= 11 is 0. The summed E-state index contributed by atoms with van der Waals surface area (Å²) in [6.45, 7) is 4.21. The zero-order valence-corrected chi connectivity index (χ0v) is 12.8. The van der Waals surface area contributed by atoms with Gasteiger partial charge in [0.15, 0.2) is 0 Å². The Hall–Kier alpha value is -0.650. The SMILES string of the molecule is COCC1(C(=O)N2CC3C4CCC(O4)C3C2)CCNCC1. The van der Waals surface area contributed by atoms with Gasteiger partial charge in [-0.05, 0) is 38.8 Å². The van der Waals surface area contributed by atoms with Gasteiger partial charge in [-0.3, -0.25) is 4.79 Å². The number of nitrogens with one attached hydrogen (secondary N) is 1. The maximum atomic E-state index is 13.2. The number of carbonyl (C=O) groups excluding carboxylic acids is 1. The van der Waals surface area contributed by atoms with Gasteiger partial charge in [-0.2, -0.15) is 0 Å². The first-order valence-corrected chi connectivity index (χ1v) is 8.38. The van der Waals surface area contributed by atoms with Crippen LogP contribution in [0.3, 0.4) is 0 Å². The Morgan fingerprint density at radius 3 is 2.43 bits per heavy atom. The minimum atomic E-state index is -0.293. The molecule has 118 valence electrons. The molecule has 0 aromatic carbocycles. The molecule has 2 bridgehead atoms. The average Bonchev–Trinajstić information content (AvgIpc) is 3.20. The molecule has 21 heavy (non-hydrogen) atoms. The van der Waals surface area contributed by atoms with Crippen LogP contribution < -0.4 is 5.32 Å². The van der Waals surface area contributed by atoms with Crippen LogP contribution in [0.25, 0.3) is 0 Å². The molecule has 0 saturated carbocycles. The molecule has 0 aromatic heterocycles. The molecule has 0 aromatic rings. The summed E-state index contributed by atoms with van der Waals surface area (Å²) in [6.07, 6.45) is 5.03. The molecule has 4 aliphatic heterocycles. The first-order chi connectivity index (χ1) is 10.2. The predicted octanol–water partition coefficient (Wildman–Crippen LogP) is 0.638. The molecule has 4 aliphatic rings. The van der Waals surface area contributed by atoms with Gasteiger partial charge in [-0.25, -0.2) is 0 Å². The number of methoxy groups -OCH3 is 1. The number of fused-ring (bicyclic) bond motifs is 5. The number of amides is 1. The minimum Gasteiger partial charge on any atom is -0.384 e. The van der Waals surface area contributed by atoms with Crippen molar-refractivity contribution in [2.24, 2.45) is 17.3 Å². The first kappa shape index (κ1) is 14.0. The Morgan fingerprint density at radius 1 is 1.24 bits per heavy atom. The molecule has 1 amide bonds. The molecule has 5 heteroatoms. The van der Waals surface area contributed by atoms with Crippen LogP contribution in [0.2, 0.25) is 0 Å². The smallest absolute Gasteiger partial charge is 0.231 e. The lowest BCUT2D eigenvalue weighted by Crippen LogP contribution is -2.51. The van der Waals surface area contributed by atoms with E-state index in [1.54, 1.807) is 7.11 Å².